The van der Waals surface area contributed by atoms with Crippen molar-refractivity contribution in [1.82, 2.24) is 10.2 Å². The van der Waals surface area contributed by atoms with E-state index in [1.165, 1.54) is 32.1 Å². The van der Waals surface area contributed by atoms with Crippen LogP contribution in [0.5, 0.6) is 0 Å². The lowest BCUT2D eigenvalue weighted by molar-refractivity contribution is 0.0190. The molecule has 1 aliphatic carbocycles. The summed E-state index contributed by atoms with van der Waals surface area (Å²) in [4.78, 5) is 2.64. The zero-order chi connectivity index (χ0) is 14.7. The maximum absolute atomic E-state index is 3.79. The van der Waals surface area contributed by atoms with Gasteiger partial charge in [0.25, 0.3) is 0 Å². The van der Waals surface area contributed by atoms with Gasteiger partial charge in [0.2, 0.25) is 0 Å². The van der Waals surface area contributed by atoms with Gasteiger partial charge >= 0.3 is 0 Å². The summed E-state index contributed by atoms with van der Waals surface area (Å²) in [6.45, 7) is 15.3. The Balaban J connectivity index is 2.81. The molecule has 2 unspecified atom stereocenters. The third-order valence-corrected chi connectivity index (χ3v) is 5.33. The average molecular weight is 268 g/mol. The minimum Gasteiger partial charge on any atom is -0.312 e. The Kier molecular flexibility index (Phi) is 5.88. The number of hydrogen-bond acceptors (Lipinski definition) is 2. The fraction of sp³-hybridized carbons (Fsp3) is 1.00. The van der Waals surface area contributed by atoms with Gasteiger partial charge in [-0.1, -0.05) is 27.7 Å². The van der Waals surface area contributed by atoms with Crippen LogP contribution in [-0.2, 0) is 0 Å². The molecular weight excluding hydrogens is 232 g/mol. The van der Waals surface area contributed by atoms with Crippen LogP contribution < -0.4 is 5.32 Å². The summed E-state index contributed by atoms with van der Waals surface area (Å²) in [6.07, 6.45) is 6.43. The van der Waals surface area contributed by atoms with Gasteiger partial charge in [-0.2, -0.15) is 0 Å². The summed E-state index contributed by atoms with van der Waals surface area (Å²) in [6, 6.07) is 1.34. The summed E-state index contributed by atoms with van der Waals surface area (Å²) < 4.78 is 0. The topological polar surface area (TPSA) is 15.3 Å². The molecule has 114 valence electrons. The van der Waals surface area contributed by atoms with Gasteiger partial charge in [-0.15, -0.1) is 0 Å². The minimum atomic E-state index is 0.296. The molecule has 0 bridgehead atoms. The van der Waals surface area contributed by atoms with Crippen LogP contribution in [0, 0.1) is 5.41 Å². The Labute approximate surface area is 121 Å². The fourth-order valence-corrected chi connectivity index (χ4v) is 3.22. The van der Waals surface area contributed by atoms with Crippen LogP contribution in [0.4, 0.5) is 0 Å². The van der Waals surface area contributed by atoms with E-state index in [-0.39, 0.29) is 0 Å². The van der Waals surface area contributed by atoms with Crippen molar-refractivity contribution in [3.05, 3.63) is 0 Å². The van der Waals surface area contributed by atoms with Gasteiger partial charge < -0.3 is 5.32 Å². The third kappa shape index (κ3) is 4.46. The molecule has 1 fully saturated rings. The van der Waals surface area contributed by atoms with Crippen molar-refractivity contribution in [2.45, 2.75) is 91.3 Å². The van der Waals surface area contributed by atoms with E-state index in [1.807, 2.05) is 0 Å². The molecule has 0 aromatic heterocycles. The van der Waals surface area contributed by atoms with Gasteiger partial charge in [0.05, 0.1) is 0 Å². The molecule has 0 saturated heterocycles. The predicted molar refractivity (Wildman–Crippen MR) is 85.6 cm³/mol. The Hall–Kier alpha value is -0.0800. The highest BCUT2D eigenvalue weighted by Crippen LogP contribution is 2.39. The first-order valence-corrected chi connectivity index (χ1v) is 8.20. The van der Waals surface area contributed by atoms with E-state index in [2.05, 4.69) is 58.8 Å². The molecular formula is C17H36N2. The first kappa shape index (κ1) is 17.0. The summed E-state index contributed by atoms with van der Waals surface area (Å²) in [5, 5.41) is 3.79. The van der Waals surface area contributed by atoms with Crippen molar-refractivity contribution in [3.63, 3.8) is 0 Å². The zero-order valence-corrected chi connectivity index (χ0v) is 14.3. The van der Waals surface area contributed by atoms with Crippen LogP contribution >= 0.6 is 0 Å². The summed E-state index contributed by atoms with van der Waals surface area (Å²) in [5.41, 5.74) is 0.789. The minimum absolute atomic E-state index is 0.296. The van der Waals surface area contributed by atoms with Gasteiger partial charge in [0.1, 0.15) is 0 Å². The number of nitrogens with zero attached hydrogens (tertiary/aromatic N) is 1. The van der Waals surface area contributed by atoms with Crippen molar-refractivity contribution >= 4 is 0 Å². The highest BCUT2D eigenvalue weighted by atomic mass is 15.2. The van der Waals surface area contributed by atoms with Crippen LogP contribution in [0.25, 0.3) is 0 Å². The Morgan fingerprint density at radius 3 is 2.42 bits per heavy atom. The average Bonchev–Trinajstić information content (AvgIpc) is 2.35. The van der Waals surface area contributed by atoms with E-state index in [4.69, 9.17) is 0 Å². The summed E-state index contributed by atoms with van der Waals surface area (Å²) >= 11 is 0. The first-order valence-electron chi connectivity index (χ1n) is 8.20. The van der Waals surface area contributed by atoms with E-state index in [0.29, 0.717) is 23.0 Å². The first-order chi connectivity index (χ1) is 8.73. The Morgan fingerprint density at radius 1 is 1.26 bits per heavy atom. The lowest BCUT2D eigenvalue weighted by atomic mass is 9.71. The molecule has 0 amide bonds. The van der Waals surface area contributed by atoms with E-state index in [1.54, 1.807) is 0 Å². The van der Waals surface area contributed by atoms with Crippen molar-refractivity contribution in [2.24, 2.45) is 5.41 Å². The zero-order valence-electron chi connectivity index (χ0n) is 14.3. The molecule has 0 radical (unpaired) electrons. The molecule has 1 N–H and O–H groups in total. The standard InChI is InChI=1S/C17H36N2/c1-8-12-18-14-10-11-16(3,4)13-15(14)19(7)17(5,6)9-2/h14-15,18H,8-13H2,1-7H3. The molecule has 0 heterocycles. The van der Waals surface area contributed by atoms with Crippen molar-refractivity contribution in [3.8, 4) is 0 Å². The Morgan fingerprint density at radius 2 is 1.89 bits per heavy atom. The van der Waals surface area contributed by atoms with Crippen LogP contribution in [0.2, 0.25) is 0 Å². The van der Waals surface area contributed by atoms with E-state index in [0.717, 1.165) is 6.54 Å². The molecule has 0 spiro atoms. The van der Waals surface area contributed by atoms with Crippen molar-refractivity contribution < 1.29 is 0 Å². The van der Waals surface area contributed by atoms with Gasteiger partial charge in [-0.05, 0) is 65.0 Å². The summed E-state index contributed by atoms with van der Waals surface area (Å²) in [7, 11) is 2.33. The third-order valence-electron chi connectivity index (χ3n) is 5.33. The van der Waals surface area contributed by atoms with Gasteiger partial charge in [-0.25, -0.2) is 0 Å². The predicted octanol–water partition coefficient (Wildman–Crippen LogP) is 4.05. The van der Waals surface area contributed by atoms with Crippen LogP contribution in [0.15, 0.2) is 0 Å². The second-order valence-electron chi connectivity index (χ2n) is 7.81. The highest BCUT2D eigenvalue weighted by molar-refractivity contribution is 4.97. The molecule has 1 saturated carbocycles. The monoisotopic (exact) mass is 268 g/mol. The van der Waals surface area contributed by atoms with Gasteiger partial charge in [-0.3, -0.25) is 4.90 Å². The largest absolute Gasteiger partial charge is 0.312 e. The molecule has 0 aromatic carbocycles. The van der Waals surface area contributed by atoms with Gasteiger partial charge in [0.15, 0.2) is 0 Å². The molecule has 1 rings (SSSR count). The fourth-order valence-electron chi connectivity index (χ4n) is 3.22. The molecule has 2 heteroatoms. The molecule has 0 aliphatic heterocycles. The molecule has 19 heavy (non-hydrogen) atoms. The van der Waals surface area contributed by atoms with Crippen molar-refractivity contribution in [1.29, 1.82) is 0 Å². The van der Waals surface area contributed by atoms with Gasteiger partial charge in [0, 0.05) is 17.6 Å². The quantitative estimate of drug-likeness (QED) is 0.781. The lowest BCUT2D eigenvalue weighted by Gasteiger charge is -2.50. The van der Waals surface area contributed by atoms with Crippen LogP contribution in [-0.4, -0.2) is 36.1 Å². The smallest absolute Gasteiger partial charge is 0.0256 e. The number of hydrogen-bond donors (Lipinski definition) is 1. The molecule has 1 aliphatic rings. The second-order valence-corrected chi connectivity index (χ2v) is 7.81. The van der Waals surface area contributed by atoms with Crippen LogP contribution in [0.3, 0.4) is 0 Å². The molecule has 0 aromatic rings. The lowest BCUT2D eigenvalue weighted by Crippen LogP contribution is -2.59. The van der Waals surface area contributed by atoms with Crippen molar-refractivity contribution in [2.75, 3.05) is 13.6 Å². The SMILES string of the molecule is CCCNC1CCC(C)(C)CC1N(C)C(C)(C)CC. The molecule has 2 nitrogen and oxygen atoms in total. The Bertz CT molecular complexity index is 270. The maximum atomic E-state index is 3.79. The summed E-state index contributed by atoms with van der Waals surface area (Å²) in [5.74, 6) is 0. The number of rotatable bonds is 6. The van der Waals surface area contributed by atoms with E-state index >= 15 is 0 Å². The number of likely N-dealkylation sites (N-methyl/N-ethyl adjacent to an activating group) is 1. The normalized spacial score (nSPS) is 27.8. The van der Waals surface area contributed by atoms with Crippen LogP contribution in [0.1, 0.15) is 73.6 Å². The number of nitrogens with one attached hydrogen (secondary N) is 1. The molecule has 2 atom stereocenters. The van der Waals surface area contributed by atoms with E-state index < -0.39 is 0 Å². The maximum Gasteiger partial charge on any atom is 0.0256 e. The van der Waals surface area contributed by atoms with E-state index in [9.17, 15) is 0 Å². The highest BCUT2D eigenvalue weighted by Gasteiger charge is 2.40. The second kappa shape index (κ2) is 6.58.